The molecule has 7 atom stereocenters. The SMILES string of the molecule is C/C=C/CC/C=C/CC/C=C/C(O)C(COC1OC(CO)C(O)C(O)C1O)NC(=O)CCCCCCCCCCCCCCCCCC/C=C\CCCCCCCCCCCCCCOC(=O)CCCCCCC/C=C\C/C=C\CCC. The minimum atomic E-state index is -1.58. The summed E-state index contributed by atoms with van der Waals surface area (Å²) in [5.74, 6) is -0.203. The maximum Gasteiger partial charge on any atom is 0.305 e. The summed E-state index contributed by atoms with van der Waals surface area (Å²) in [6.07, 6.45) is 70.8. The smallest absolute Gasteiger partial charge is 0.305 e. The molecule has 0 aromatic carbocycles. The fourth-order valence-electron chi connectivity index (χ4n) is 10.4. The number of aliphatic hydroxyl groups excluding tert-OH is 5. The summed E-state index contributed by atoms with van der Waals surface area (Å²) in [5, 5.41) is 54.2. The molecule has 11 nitrogen and oxygen atoms in total. The number of amides is 1. The Hall–Kier alpha value is -2.90. The third-order valence-electron chi connectivity index (χ3n) is 15.8. The van der Waals surface area contributed by atoms with Crippen LogP contribution in [-0.2, 0) is 23.8 Å². The highest BCUT2D eigenvalue weighted by atomic mass is 16.7. The van der Waals surface area contributed by atoms with Crippen LogP contribution in [0.4, 0.5) is 0 Å². The van der Waals surface area contributed by atoms with Crippen LogP contribution >= 0.6 is 0 Å². The first kappa shape index (κ1) is 77.1. The molecule has 0 spiro atoms. The highest BCUT2D eigenvalue weighted by Crippen LogP contribution is 2.23. The van der Waals surface area contributed by atoms with Gasteiger partial charge in [-0.2, -0.15) is 0 Å². The third-order valence-corrected chi connectivity index (χ3v) is 15.8. The minimum absolute atomic E-state index is 0.00588. The zero-order valence-electron chi connectivity index (χ0n) is 52.7. The molecule has 1 aliphatic rings. The van der Waals surface area contributed by atoms with Gasteiger partial charge in [-0.05, 0) is 103 Å². The van der Waals surface area contributed by atoms with Crippen molar-refractivity contribution in [3.63, 3.8) is 0 Å². The fourth-order valence-corrected chi connectivity index (χ4v) is 10.4. The van der Waals surface area contributed by atoms with E-state index >= 15 is 0 Å². The van der Waals surface area contributed by atoms with Crippen molar-refractivity contribution in [1.29, 1.82) is 0 Å². The monoisotopic (exact) mass is 1150 g/mol. The summed E-state index contributed by atoms with van der Waals surface area (Å²) in [6.45, 7) is 4.03. The predicted octanol–water partition coefficient (Wildman–Crippen LogP) is 17.1. The van der Waals surface area contributed by atoms with Gasteiger partial charge in [-0.25, -0.2) is 0 Å². The Labute approximate surface area is 502 Å². The molecule has 7 unspecified atom stereocenters. The number of ether oxygens (including phenoxy) is 3. The molecule has 82 heavy (non-hydrogen) atoms. The maximum atomic E-state index is 13.0. The summed E-state index contributed by atoms with van der Waals surface area (Å²) in [6, 6.07) is -0.832. The number of allylic oxidation sites excluding steroid dienone is 11. The number of rotatable bonds is 59. The standard InChI is InChI=1S/C71H127NO10/c1-3-5-7-9-11-13-14-35-39-43-47-51-55-59-67(76)80-60-56-52-48-44-40-37-34-32-30-28-26-24-22-20-18-16-15-17-19-21-23-25-27-29-31-33-36-38-42-46-50-54-58-66(75)72-63(64(74)57-53-49-45-41-12-10-8-6-4-2)62-81-71-70(79)69(78)68(77)65(61-73)82-71/h4,6-7,9,12-14,18,20,41,53,57,63-65,68-71,73-74,77-79H,3,5,8,10-11,15-17,19,21-40,42-52,54-56,58-62H2,1-2H3,(H,72,75)/b6-4+,9-7-,14-13-,20-18-,41-12+,57-53+. The molecule has 0 radical (unpaired) electrons. The zero-order chi connectivity index (χ0) is 59.5. The second-order valence-corrected chi connectivity index (χ2v) is 23.5. The normalized spacial score (nSPS) is 18.6. The van der Waals surface area contributed by atoms with E-state index in [0.29, 0.717) is 19.4 Å². The number of unbranched alkanes of at least 4 members (excludes halogenated alkanes) is 36. The van der Waals surface area contributed by atoms with E-state index in [4.69, 9.17) is 14.2 Å². The van der Waals surface area contributed by atoms with Gasteiger partial charge in [0.25, 0.3) is 0 Å². The number of hydrogen-bond acceptors (Lipinski definition) is 10. The van der Waals surface area contributed by atoms with Crippen molar-refractivity contribution in [1.82, 2.24) is 5.32 Å². The van der Waals surface area contributed by atoms with Crippen LogP contribution < -0.4 is 5.32 Å². The molecule has 0 aliphatic carbocycles. The lowest BCUT2D eigenvalue weighted by Crippen LogP contribution is -2.60. The Morgan fingerprint density at radius 1 is 0.476 bits per heavy atom. The van der Waals surface area contributed by atoms with Gasteiger partial charge < -0.3 is 45.1 Å². The summed E-state index contributed by atoms with van der Waals surface area (Å²) >= 11 is 0. The van der Waals surface area contributed by atoms with Gasteiger partial charge in [0.1, 0.15) is 24.4 Å². The van der Waals surface area contributed by atoms with Crippen molar-refractivity contribution in [2.45, 2.75) is 346 Å². The zero-order valence-corrected chi connectivity index (χ0v) is 52.7. The van der Waals surface area contributed by atoms with E-state index in [1.165, 1.54) is 205 Å². The molecule has 1 rings (SSSR count). The van der Waals surface area contributed by atoms with Crippen molar-refractivity contribution in [2.75, 3.05) is 19.8 Å². The third kappa shape index (κ3) is 48.3. The van der Waals surface area contributed by atoms with Crippen molar-refractivity contribution in [3.05, 3.63) is 72.9 Å². The van der Waals surface area contributed by atoms with Gasteiger partial charge in [-0.15, -0.1) is 0 Å². The maximum absolute atomic E-state index is 13.0. The van der Waals surface area contributed by atoms with Crippen LogP contribution in [0.5, 0.6) is 0 Å². The molecule has 476 valence electrons. The fraction of sp³-hybridized carbons (Fsp3) is 0.803. The highest BCUT2D eigenvalue weighted by molar-refractivity contribution is 5.76. The van der Waals surface area contributed by atoms with Crippen molar-refractivity contribution in [3.8, 4) is 0 Å². The second-order valence-electron chi connectivity index (χ2n) is 23.5. The van der Waals surface area contributed by atoms with Gasteiger partial charge in [0.2, 0.25) is 5.91 Å². The molecule has 11 heteroatoms. The van der Waals surface area contributed by atoms with E-state index in [1.807, 2.05) is 19.1 Å². The van der Waals surface area contributed by atoms with E-state index in [1.54, 1.807) is 6.08 Å². The van der Waals surface area contributed by atoms with Crippen LogP contribution in [0.15, 0.2) is 72.9 Å². The van der Waals surface area contributed by atoms with Crippen LogP contribution in [0.2, 0.25) is 0 Å². The Morgan fingerprint density at radius 3 is 1.35 bits per heavy atom. The molecule has 1 fully saturated rings. The van der Waals surface area contributed by atoms with E-state index in [9.17, 15) is 35.1 Å². The molecule has 0 aromatic rings. The van der Waals surface area contributed by atoms with Crippen LogP contribution in [-0.4, -0.2) is 100 Å². The lowest BCUT2D eigenvalue weighted by atomic mass is 9.99. The Morgan fingerprint density at radius 2 is 0.878 bits per heavy atom. The first-order valence-corrected chi connectivity index (χ1v) is 34.2. The van der Waals surface area contributed by atoms with E-state index < -0.39 is 49.5 Å². The molecule has 1 heterocycles. The molecule has 1 amide bonds. The van der Waals surface area contributed by atoms with Gasteiger partial charge >= 0.3 is 5.97 Å². The quantitative estimate of drug-likeness (QED) is 0.0195. The Kier molecular flexibility index (Phi) is 56.2. The Balaban J connectivity index is 1.92. The van der Waals surface area contributed by atoms with Gasteiger partial charge in [-0.3, -0.25) is 9.59 Å². The lowest BCUT2D eigenvalue weighted by molar-refractivity contribution is -0.302. The molecule has 1 aliphatic heterocycles. The van der Waals surface area contributed by atoms with Gasteiger partial charge in [0, 0.05) is 12.8 Å². The van der Waals surface area contributed by atoms with Gasteiger partial charge in [-0.1, -0.05) is 260 Å². The predicted molar refractivity (Wildman–Crippen MR) is 343 cm³/mol. The number of carbonyl (C=O) groups is 2. The number of aliphatic hydroxyl groups is 5. The molecule has 1 saturated heterocycles. The highest BCUT2D eigenvalue weighted by Gasteiger charge is 2.44. The van der Waals surface area contributed by atoms with Crippen molar-refractivity contribution < 1.29 is 49.3 Å². The first-order valence-electron chi connectivity index (χ1n) is 34.2. The summed E-state index contributed by atoms with van der Waals surface area (Å²) in [4.78, 5) is 25.0. The molecule has 0 saturated carbocycles. The topological polar surface area (TPSA) is 175 Å². The average molecular weight is 1150 g/mol. The molecular weight excluding hydrogens is 1030 g/mol. The number of esters is 1. The van der Waals surface area contributed by atoms with Crippen molar-refractivity contribution in [2.24, 2.45) is 0 Å². The Bertz CT molecular complexity index is 1590. The molecule has 0 bridgehead atoms. The number of carbonyl (C=O) groups excluding carboxylic acids is 2. The van der Waals surface area contributed by atoms with E-state index in [0.717, 1.165) is 70.6 Å². The van der Waals surface area contributed by atoms with E-state index in [2.05, 4.69) is 66.9 Å². The van der Waals surface area contributed by atoms with Crippen LogP contribution in [0.25, 0.3) is 0 Å². The van der Waals surface area contributed by atoms with Crippen LogP contribution in [0.1, 0.15) is 303 Å². The van der Waals surface area contributed by atoms with Gasteiger partial charge in [0.05, 0.1) is 32.0 Å². The molecule has 0 aromatic heterocycles. The molecular formula is C71H127NO10. The number of hydrogen-bond donors (Lipinski definition) is 6. The average Bonchev–Trinajstić information content (AvgIpc) is 3.49. The minimum Gasteiger partial charge on any atom is -0.466 e. The summed E-state index contributed by atoms with van der Waals surface area (Å²) in [5.41, 5.74) is 0. The number of nitrogens with one attached hydrogen (secondary N) is 1. The molecule has 6 N–H and O–H groups in total. The first-order chi connectivity index (χ1) is 40.2. The lowest BCUT2D eigenvalue weighted by Gasteiger charge is -2.40. The van der Waals surface area contributed by atoms with Crippen LogP contribution in [0, 0.1) is 0 Å². The van der Waals surface area contributed by atoms with Gasteiger partial charge in [0.15, 0.2) is 6.29 Å². The van der Waals surface area contributed by atoms with Crippen molar-refractivity contribution >= 4 is 11.9 Å². The second kappa shape index (κ2) is 59.8. The summed E-state index contributed by atoms with van der Waals surface area (Å²) < 4.78 is 16.7. The van der Waals surface area contributed by atoms with Crippen LogP contribution in [0.3, 0.4) is 0 Å². The largest absolute Gasteiger partial charge is 0.466 e. The van der Waals surface area contributed by atoms with E-state index in [-0.39, 0.29) is 18.5 Å². The summed E-state index contributed by atoms with van der Waals surface area (Å²) in [7, 11) is 0.